The number of halogens is 2. The highest BCUT2D eigenvalue weighted by Gasteiger charge is 2.05. The molecular weight excluding hydrogens is 279 g/mol. The lowest BCUT2D eigenvalue weighted by Crippen LogP contribution is -2.03. The molecule has 0 radical (unpaired) electrons. The van der Waals surface area contributed by atoms with E-state index in [4.69, 9.17) is 0 Å². The minimum atomic E-state index is -0.296. The zero-order valence-corrected chi connectivity index (χ0v) is 10.8. The molecule has 0 spiro atoms. The van der Waals surface area contributed by atoms with Crippen LogP contribution in [0, 0.1) is 5.82 Å². The third kappa shape index (κ3) is 4.34. The van der Waals surface area contributed by atoms with Gasteiger partial charge in [-0.25, -0.2) is 4.39 Å². The van der Waals surface area contributed by atoms with Gasteiger partial charge in [0.1, 0.15) is 11.6 Å². The van der Waals surface area contributed by atoms with Gasteiger partial charge in [-0.05, 0) is 45.6 Å². The second-order valence-corrected chi connectivity index (χ2v) is 5.05. The summed E-state index contributed by atoms with van der Waals surface area (Å²) in [6.07, 6.45) is 2.94. The number of carbonyl (C=O) groups is 1. The van der Waals surface area contributed by atoms with Gasteiger partial charge in [-0.2, -0.15) is 11.8 Å². The fourth-order valence-corrected chi connectivity index (χ4v) is 2.04. The van der Waals surface area contributed by atoms with Crippen LogP contribution in [0.4, 0.5) is 4.39 Å². The highest BCUT2D eigenvalue weighted by molar-refractivity contribution is 9.10. The smallest absolute Gasteiger partial charge is 0.138 e. The van der Waals surface area contributed by atoms with Crippen molar-refractivity contribution in [3.63, 3.8) is 0 Å². The Labute approximate surface area is 102 Å². The first kappa shape index (κ1) is 12.7. The average Bonchev–Trinajstić information content (AvgIpc) is 2.20. The molecule has 1 aromatic carbocycles. The van der Waals surface area contributed by atoms with Crippen molar-refractivity contribution in [1.82, 2.24) is 0 Å². The van der Waals surface area contributed by atoms with Crippen LogP contribution in [0.25, 0.3) is 0 Å². The van der Waals surface area contributed by atoms with E-state index in [1.54, 1.807) is 23.9 Å². The molecule has 0 aliphatic rings. The second kappa shape index (κ2) is 6.28. The highest BCUT2D eigenvalue weighted by Crippen LogP contribution is 2.17. The van der Waals surface area contributed by atoms with Crippen molar-refractivity contribution in [1.29, 1.82) is 0 Å². The number of Topliss-reactive ketones (excluding diaryl/α,β-unsaturated/α-hetero) is 1. The molecule has 0 unspecified atom stereocenters. The molecule has 0 aliphatic heterocycles. The van der Waals surface area contributed by atoms with Crippen LogP contribution in [-0.4, -0.2) is 17.8 Å². The molecule has 4 heteroatoms. The Morgan fingerprint density at radius 1 is 1.53 bits per heavy atom. The number of benzene rings is 1. The molecule has 0 aliphatic carbocycles. The Kier molecular flexibility index (Phi) is 5.32. The fraction of sp³-hybridized carbons (Fsp3) is 0.364. The normalized spacial score (nSPS) is 10.3. The molecule has 0 saturated carbocycles. The lowest BCUT2D eigenvalue weighted by molar-refractivity contribution is -0.118. The van der Waals surface area contributed by atoms with E-state index < -0.39 is 0 Å². The Hall–Kier alpha value is -0.350. The monoisotopic (exact) mass is 290 g/mol. The van der Waals surface area contributed by atoms with E-state index in [0.717, 1.165) is 11.3 Å². The Balaban J connectivity index is 2.57. The number of ketones is 1. The van der Waals surface area contributed by atoms with Crippen LogP contribution < -0.4 is 0 Å². The average molecular weight is 291 g/mol. The standard InChI is InChI=1S/C11H12BrFOS/c1-15-5-4-9(14)6-8-2-3-11(13)10(12)7-8/h2-3,7H,4-6H2,1H3. The minimum Gasteiger partial charge on any atom is -0.299 e. The summed E-state index contributed by atoms with van der Waals surface area (Å²) >= 11 is 4.75. The van der Waals surface area contributed by atoms with Crippen LogP contribution >= 0.6 is 27.7 Å². The zero-order chi connectivity index (χ0) is 11.3. The molecule has 0 bridgehead atoms. The van der Waals surface area contributed by atoms with Crippen LogP contribution in [0.1, 0.15) is 12.0 Å². The van der Waals surface area contributed by atoms with Crippen LogP contribution in [0.3, 0.4) is 0 Å². The summed E-state index contributed by atoms with van der Waals surface area (Å²) in [5.74, 6) is 0.749. The van der Waals surface area contributed by atoms with Gasteiger partial charge in [0.2, 0.25) is 0 Å². The maximum absolute atomic E-state index is 12.9. The quantitative estimate of drug-likeness (QED) is 0.826. The van der Waals surface area contributed by atoms with Gasteiger partial charge in [-0.1, -0.05) is 6.07 Å². The summed E-state index contributed by atoms with van der Waals surface area (Å²) in [6, 6.07) is 4.69. The van der Waals surface area contributed by atoms with E-state index in [1.165, 1.54) is 6.07 Å². The highest BCUT2D eigenvalue weighted by atomic mass is 79.9. The number of rotatable bonds is 5. The van der Waals surface area contributed by atoms with E-state index in [0.29, 0.717) is 17.3 Å². The molecular formula is C11H12BrFOS. The molecule has 0 fully saturated rings. The van der Waals surface area contributed by atoms with Crippen molar-refractivity contribution < 1.29 is 9.18 Å². The molecule has 0 N–H and O–H groups in total. The maximum atomic E-state index is 12.9. The lowest BCUT2D eigenvalue weighted by Gasteiger charge is -2.02. The van der Waals surface area contributed by atoms with E-state index in [-0.39, 0.29) is 11.6 Å². The topological polar surface area (TPSA) is 17.1 Å². The first-order valence-electron chi connectivity index (χ1n) is 4.58. The van der Waals surface area contributed by atoms with E-state index in [1.807, 2.05) is 6.26 Å². The summed E-state index contributed by atoms with van der Waals surface area (Å²) in [7, 11) is 0. The molecule has 15 heavy (non-hydrogen) atoms. The third-order valence-electron chi connectivity index (χ3n) is 1.97. The predicted octanol–water partition coefficient (Wildman–Crippen LogP) is 3.45. The summed E-state index contributed by atoms with van der Waals surface area (Å²) in [4.78, 5) is 11.4. The Bertz CT molecular complexity index is 354. The van der Waals surface area contributed by atoms with E-state index in [9.17, 15) is 9.18 Å². The summed E-state index contributed by atoms with van der Waals surface area (Å²) in [5, 5.41) is 0. The number of thioether (sulfide) groups is 1. The van der Waals surface area contributed by atoms with Crippen molar-refractivity contribution >= 4 is 33.5 Å². The maximum Gasteiger partial charge on any atom is 0.138 e. The van der Waals surface area contributed by atoms with Crippen molar-refractivity contribution in [3.05, 3.63) is 34.1 Å². The Morgan fingerprint density at radius 2 is 2.27 bits per heavy atom. The molecule has 1 nitrogen and oxygen atoms in total. The first-order valence-corrected chi connectivity index (χ1v) is 6.76. The molecule has 1 aromatic rings. The van der Waals surface area contributed by atoms with Gasteiger partial charge in [0, 0.05) is 12.8 Å². The van der Waals surface area contributed by atoms with Crippen LogP contribution in [0.15, 0.2) is 22.7 Å². The largest absolute Gasteiger partial charge is 0.299 e. The molecule has 0 heterocycles. The van der Waals surface area contributed by atoms with Gasteiger partial charge in [0.05, 0.1) is 4.47 Å². The second-order valence-electron chi connectivity index (χ2n) is 3.21. The van der Waals surface area contributed by atoms with Gasteiger partial charge in [0.25, 0.3) is 0 Å². The van der Waals surface area contributed by atoms with Crippen LogP contribution in [0.2, 0.25) is 0 Å². The number of hydrogen-bond donors (Lipinski definition) is 0. The Morgan fingerprint density at radius 3 is 2.87 bits per heavy atom. The van der Waals surface area contributed by atoms with Crippen molar-refractivity contribution in [3.8, 4) is 0 Å². The SMILES string of the molecule is CSCCC(=O)Cc1ccc(F)c(Br)c1. The summed E-state index contributed by atoms with van der Waals surface area (Å²) in [5.41, 5.74) is 0.856. The van der Waals surface area contributed by atoms with Crippen molar-refractivity contribution in [2.75, 3.05) is 12.0 Å². The lowest BCUT2D eigenvalue weighted by atomic mass is 10.1. The summed E-state index contributed by atoms with van der Waals surface area (Å²) < 4.78 is 13.3. The molecule has 1 rings (SSSR count). The molecule has 0 saturated heterocycles. The summed E-state index contributed by atoms with van der Waals surface area (Å²) in [6.45, 7) is 0. The predicted molar refractivity (Wildman–Crippen MR) is 65.8 cm³/mol. The third-order valence-corrected chi connectivity index (χ3v) is 3.19. The van der Waals surface area contributed by atoms with E-state index in [2.05, 4.69) is 15.9 Å². The van der Waals surface area contributed by atoms with E-state index >= 15 is 0 Å². The van der Waals surface area contributed by atoms with Crippen LogP contribution in [-0.2, 0) is 11.2 Å². The van der Waals surface area contributed by atoms with Gasteiger partial charge in [-0.3, -0.25) is 4.79 Å². The van der Waals surface area contributed by atoms with Crippen molar-refractivity contribution in [2.24, 2.45) is 0 Å². The molecule has 0 amide bonds. The van der Waals surface area contributed by atoms with Gasteiger partial charge in [-0.15, -0.1) is 0 Å². The zero-order valence-electron chi connectivity index (χ0n) is 8.43. The first-order chi connectivity index (χ1) is 7.13. The number of hydrogen-bond acceptors (Lipinski definition) is 2. The number of carbonyl (C=O) groups excluding carboxylic acids is 1. The van der Waals surface area contributed by atoms with Crippen LogP contribution in [0.5, 0.6) is 0 Å². The minimum absolute atomic E-state index is 0.197. The fourth-order valence-electron chi connectivity index (χ4n) is 1.18. The van der Waals surface area contributed by atoms with Gasteiger partial charge >= 0.3 is 0 Å². The van der Waals surface area contributed by atoms with Gasteiger partial charge in [0.15, 0.2) is 0 Å². The molecule has 82 valence electrons. The molecule has 0 aromatic heterocycles. The molecule has 0 atom stereocenters. The van der Waals surface area contributed by atoms with Crippen molar-refractivity contribution in [2.45, 2.75) is 12.8 Å². The van der Waals surface area contributed by atoms with Gasteiger partial charge < -0.3 is 0 Å².